The van der Waals surface area contributed by atoms with Gasteiger partial charge in [0, 0.05) is 5.56 Å². The highest BCUT2D eigenvalue weighted by molar-refractivity contribution is 9.10. The van der Waals surface area contributed by atoms with Crippen LogP contribution in [0.25, 0.3) is 0 Å². The maximum absolute atomic E-state index is 5.77. The molecule has 0 aromatic heterocycles. The summed E-state index contributed by atoms with van der Waals surface area (Å²) in [5.41, 5.74) is 5.37. The highest BCUT2D eigenvalue weighted by atomic mass is 79.9. The fourth-order valence-electron chi connectivity index (χ4n) is 5.73. The number of methoxy groups -OCH3 is 1. The molecule has 0 bridgehead atoms. The van der Waals surface area contributed by atoms with E-state index in [1.165, 1.54) is 37.7 Å². The van der Waals surface area contributed by atoms with E-state index in [1.807, 2.05) is 0 Å². The van der Waals surface area contributed by atoms with Crippen LogP contribution in [0.3, 0.4) is 0 Å². The zero-order valence-electron chi connectivity index (χ0n) is 15.6. The average Bonchev–Trinajstić information content (AvgIpc) is 2.45. The van der Waals surface area contributed by atoms with E-state index in [9.17, 15) is 0 Å². The van der Waals surface area contributed by atoms with Gasteiger partial charge in [-0.3, -0.25) is 0 Å². The molecule has 2 aliphatic rings. The third-order valence-electron chi connectivity index (χ3n) is 6.69. The van der Waals surface area contributed by atoms with Gasteiger partial charge >= 0.3 is 0 Å². The molecule has 2 aliphatic carbocycles. The first kappa shape index (κ1) is 17.3. The Morgan fingerprint density at radius 3 is 2.52 bits per heavy atom. The number of ether oxygens (including phenoxy) is 1. The summed E-state index contributed by atoms with van der Waals surface area (Å²) in [7, 11) is 1.80. The number of fused-ring (bicyclic) bond motifs is 3. The second-order valence-corrected chi connectivity index (χ2v) is 9.69. The summed E-state index contributed by atoms with van der Waals surface area (Å²) in [5, 5.41) is 0. The molecule has 1 nitrogen and oxygen atoms in total. The number of rotatable bonds is 2. The Balaban J connectivity index is 2.23. The van der Waals surface area contributed by atoms with E-state index in [1.54, 1.807) is 18.2 Å². The van der Waals surface area contributed by atoms with Crippen molar-refractivity contribution in [2.45, 2.75) is 78.1 Å². The molecule has 0 N–H and O–H groups in total. The molecule has 1 aromatic rings. The van der Waals surface area contributed by atoms with E-state index in [4.69, 9.17) is 4.74 Å². The van der Waals surface area contributed by atoms with Crippen molar-refractivity contribution in [1.82, 2.24) is 0 Å². The summed E-state index contributed by atoms with van der Waals surface area (Å²) < 4.78 is 6.90. The Morgan fingerprint density at radius 1 is 1.22 bits per heavy atom. The minimum atomic E-state index is 0.313. The second-order valence-electron chi connectivity index (χ2n) is 8.84. The highest BCUT2D eigenvalue weighted by Gasteiger charge is 2.50. The molecule has 23 heavy (non-hydrogen) atoms. The second kappa shape index (κ2) is 5.79. The molecule has 0 spiro atoms. The molecule has 128 valence electrons. The molecule has 0 aliphatic heterocycles. The van der Waals surface area contributed by atoms with E-state index in [-0.39, 0.29) is 0 Å². The van der Waals surface area contributed by atoms with Crippen LogP contribution >= 0.6 is 15.9 Å². The van der Waals surface area contributed by atoms with E-state index < -0.39 is 0 Å². The summed E-state index contributed by atoms with van der Waals surface area (Å²) in [6, 6.07) is 2.38. The first-order valence-corrected chi connectivity index (χ1v) is 9.91. The van der Waals surface area contributed by atoms with Crippen molar-refractivity contribution in [3.63, 3.8) is 0 Å². The van der Waals surface area contributed by atoms with E-state index in [0.717, 1.165) is 16.1 Å². The molecule has 0 unspecified atom stereocenters. The largest absolute Gasteiger partial charge is 0.495 e. The molecule has 0 saturated heterocycles. The SMILES string of the molecule is COc1c(Br)cc2c(c1C(C)C)CC[C@H]1C(C)(C)CCC[C@]21C. The first-order chi connectivity index (χ1) is 10.7. The Morgan fingerprint density at radius 2 is 1.91 bits per heavy atom. The minimum Gasteiger partial charge on any atom is -0.495 e. The summed E-state index contributed by atoms with van der Waals surface area (Å²) in [5.74, 6) is 2.33. The van der Waals surface area contributed by atoms with Crippen LogP contribution in [0.2, 0.25) is 0 Å². The van der Waals surface area contributed by atoms with Crippen molar-refractivity contribution in [2.75, 3.05) is 7.11 Å². The molecule has 1 fully saturated rings. The molecule has 1 aromatic carbocycles. The summed E-state index contributed by atoms with van der Waals surface area (Å²) in [6.07, 6.45) is 6.57. The topological polar surface area (TPSA) is 9.23 Å². The van der Waals surface area contributed by atoms with Crippen LogP contribution in [0.4, 0.5) is 0 Å². The van der Waals surface area contributed by atoms with Gasteiger partial charge in [-0.2, -0.15) is 0 Å². The van der Waals surface area contributed by atoms with Crippen molar-refractivity contribution in [2.24, 2.45) is 11.3 Å². The molecular formula is C21H31BrO. The van der Waals surface area contributed by atoms with Gasteiger partial charge in [0.1, 0.15) is 5.75 Å². The standard InChI is InChI=1S/C21H31BrO/c1-13(2)18-14-8-9-17-20(3,4)10-7-11-21(17,5)15(14)12-16(22)19(18)23-6/h12-13,17H,7-11H2,1-6H3/t17-,21+/m0/s1. The van der Waals surface area contributed by atoms with Gasteiger partial charge in [0.15, 0.2) is 0 Å². The lowest BCUT2D eigenvalue weighted by Gasteiger charge is -2.55. The maximum atomic E-state index is 5.77. The van der Waals surface area contributed by atoms with Gasteiger partial charge < -0.3 is 4.74 Å². The molecular weight excluding hydrogens is 348 g/mol. The summed E-state index contributed by atoms with van der Waals surface area (Å²) in [6.45, 7) is 12.1. The fourth-order valence-corrected chi connectivity index (χ4v) is 6.33. The minimum absolute atomic E-state index is 0.313. The quantitative estimate of drug-likeness (QED) is 0.562. The third kappa shape index (κ3) is 2.56. The highest BCUT2D eigenvalue weighted by Crippen LogP contribution is 2.59. The monoisotopic (exact) mass is 378 g/mol. The maximum Gasteiger partial charge on any atom is 0.136 e. The number of hydrogen-bond donors (Lipinski definition) is 0. The lowest BCUT2D eigenvalue weighted by atomic mass is 9.50. The van der Waals surface area contributed by atoms with Crippen molar-refractivity contribution in [1.29, 1.82) is 0 Å². The van der Waals surface area contributed by atoms with Gasteiger partial charge in [-0.25, -0.2) is 0 Å². The van der Waals surface area contributed by atoms with E-state index in [0.29, 0.717) is 16.7 Å². The van der Waals surface area contributed by atoms with Crippen molar-refractivity contribution in [3.8, 4) is 5.75 Å². The lowest BCUT2D eigenvalue weighted by Crippen LogP contribution is -2.48. The zero-order chi connectivity index (χ0) is 17.0. The van der Waals surface area contributed by atoms with Crippen LogP contribution in [-0.4, -0.2) is 7.11 Å². The normalized spacial score (nSPS) is 29.1. The Kier molecular flexibility index (Phi) is 4.36. The van der Waals surface area contributed by atoms with E-state index in [2.05, 4.69) is 56.6 Å². The van der Waals surface area contributed by atoms with Crippen LogP contribution < -0.4 is 4.74 Å². The molecule has 1 saturated carbocycles. The van der Waals surface area contributed by atoms with Crippen LogP contribution in [-0.2, 0) is 11.8 Å². The first-order valence-electron chi connectivity index (χ1n) is 9.12. The third-order valence-corrected chi connectivity index (χ3v) is 7.28. The van der Waals surface area contributed by atoms with E-state index >= 15 is 0 Å². The average molecular weight is 379 g/mol. The number of halogens is 1. The van der Waals surface area contributed by atoms with Gasteiger partial charge in [0.05, 0.1) is 11.6 Å². The fraction of sp³-hybridized carbons (Fsp3) is 0.714. The van der Waals surface area contributed by atoms with Crippen molar-refractivity contribution >= 4 is 15.9 Å². The van der Waals surface area contributed by atoms with Gasteiger partial charge in [-0.1, -0.05) is 41.0 Å². The van der Waals surface area contributed by atoms with Gasteiger partial charge in [-0.15, -0.1) is 0 Å². The van der Waals surface area contributed by atoms with Crippen LogP contribution in [0.15, 0.2) is 10.5 Å². The predicted molar refractivity (Wildman–Crippen MR) is 102 cm³/mol. The summed E-state index contributed by atoms with van der Waals surface area (Å²) >= 11 is 3.80. The number of hydrogen-bond acceptors (Lipinski definition) is 1. The Labute approximate surface area is 150 Å². The Bertz CT molecular complexity index is 617. The molecule has 3 rings (SSSR count). The van der Waals surface area contributed by atoms with Crippen LogP contribution in [0.1, 0.15) is 82.9 Å². The molecule has 0 radical (unpaired) electrons. The molecule has 2 heteroatoms. The van der Waals surface area contributed by atoms with Gasteiger partial charge in [0.2, 0.25) is 0 Å². The lowest BCUT2D eigenvalue weighted by molar-refractivity contribution is 0.0404. The smallest absolute Gasteiger partial charge is 0.136 e. The summed E-state index contributed by atoms with van der Waals surface area (Å²) in [4.78, 5) is 0. The van der Waals surface area contributed by atoms with Gasteiger partial charge in [-0.05, 0) is 81.5 Å². The molecule has 2 atom stereocenters. The molecule has 0 amide bonds. The van der Waals surface area contributed by atoms with Crippen molar-refractivity contribution in [3.05, 3.63) is 27.2 Å². The number of benzene rings is 1. The Hall–Kier alpha value is -0.500. The molecule has 0 heterocycles. The van der Waals surface area contributed by atoms with Crippen molar-refractivity contribution < 1.29 is 4.74 Å². The van der Waals surface area contributed by atoms with Gasteiger partial charge in [0.25, 0.3) is 0 Å². The van der Waals surface area contributed by atoms with Crippen LogP contribution in [0, 0.1) is 11.3 Å². The zero-order valence-corrected chi connectivity index (χ0v) is 17.1. The van der Waals surface area contributed by atoms with Crippen LogP contribution in [0.5, 0.6) is 5.75 Å². The predicted octanol–water partition coefficient (Wildman–Crippen LogP) is 6.61.